The number of piperazine rings is 1. The van der Waals surface area contributed by atoms with Crippen molar-refractivity contribution < 1.29 is 19.7 Å². The number of hydrogen-bond acceptors (Lipinski definition) is 6. The molecule has 0 saturated carbocycles. The predicted molar refractivity (Wildman–Crippen MR) is 124 cm³/mol. The topological polar surface area (TPSA) is 111 Å². The minimum absolute atomic E-state index is 0.395. The van der Waals surface area contributed by atoms with Crippen LogP contribution in [0.15, 0.2) is 23.0 Å². The second-order valence-electron chi connectivity index (χ2n) is 9.05. The number of aryl methyl sites for hydroxylation is 2. The smallest absolute Gasteiger partial charge is 0.504 e. The van der Waals surface area contributed by atoms with Crippen LogP contribution in [0.2, 0.25) is 0 Å². The molecule has 5 rings (SSSR count). The summed E-state index contributed by atoms with van der Waals surface area (Å²) in [5.74, 6) is -0.965. The Morgan fingerprint density at radius 2 is 1.88 bits per heavy atom. The Bertz CT molecular complexity index is 1300. The van der Waals surface area contributed by atoms with Crippen LogP contribution in [0.5, 0.6) is 11.5 Å². The highest BCUT2D eigenvalue weighted by molar-refractivity contribution is 5.89. The Labute approximate surface area is 190 Å². The van der Waals surface area contributed by atoms with Crippen molar-refractivity contribution in [1.29, 1.82) is 0 Å². The number of aromatic hydroxyl groups is 1. The van der Waals surface area contributed by atoms with E-state index in [0.717, 1.165) is 67.6 Å². The van der Waals surface area contributed by atoms with Gasteiger partial charge in [-0.1, -0.05) is 0 Å². The molecule has 0 atom stereocenters. The van der Waals surface area contributed by atoms with Gasteiger partial charge in [0, 0.05) is 67.5 Å². The first-order chi connectivity index (χ1) is 15.8. The summed E-state index contributed by atoms with van der Waals surface area (Å²) >= 11 is 0. The number of ether oxygens (including phenoxy) is 1. The molecule has 0 spiro atoms. The van der Waals surface area contributed by atoms with Crippen molar-refractivity contribution in [2.45, 2.75) is 25.8 Å². The third kappa shape index (κ3) is 3.87. The second kappa shape index (κ2) is 8.24. The number of pyridine rings is 1. The molecule has 3 N–H and O–H groups in total. The molecule has 0 amide bonds. The Morgan fingerprint density at radius 3 is 2.61 bits per heavy atom. The molecule has 2 aliphatic rings. The van der Waals surface area contributed by atoms with Gasteiger partial charge in [-0.05, 0) is 50.1 Å². The van der Waals surface area contributed by atoms with Crippen LogP contribution < -0.4 is 10.3 Å². The number of nitrogens with one attached hydrogen (secondary N) is 1. The zero-order chi connectivity index (χ0) is 23.3. The van der Waals surface area contributed by atoms with Gasteiger partial charge < -0.3 is 29.4 Å². The highest BCUT2D eigenvalue weighted by Gasteiger charge is 2.25. The van der Waals surface area contributed by atoms with Gasteiger partial charge in [-0.3, -0.25) is 9.69 Å². The van der Waals surface area contributed by atoms with Crippen LogP contribution in [0, 0.1) is 0 Å². The lowest BCUT2D eigenvalue weighted by molar-refractivity contribution is 0.142. The third-order valence-electron chi connectivity index (χ3n) is 6.93. The lowest BCUT2D eigenvalue weighted by atomic mass is 9.99. The number of H-pyrrole nitrogens is 1. The Morgan fingerprint density at radius 1 is 1.12 bits per heavy atom. The number of rotatable bonds is 3. The van der Waals surface area contributed by atoms with Crippen molar-refractivity contribution in [3.8, 4) is 22.8 Å². The van der Waals surface area contributed by atoms with E-state index < -0.39 is 23.2 Å². The van der Waals surface area contributed by atoms with Crippen LogP contribution in [-0.2, 0) is 26.4 Å². The summed E-state index contributed by atoms with van der Waals surface area (Å²) in [6.07, 6.45) is 0.419. The molecule has 0 unspecified atom stereocenters. The molecule has 1 fully saturated rings. The number of fused-ring (bicyclic) bond motifs is 4. The molecule has 174 valence electrons. The predicted octanol–water partition coefficient (Wildman–Crippen LogP) is 2.53. The molecule has 1 aromatic carbocycles. The number of carbonyl (C=O) groups is 1. The number of nitrogens with zero attached hydrogens (tertiary/aromatic N) is 3. The van der Waals surface area contributed by atoms with Crippen molar-refractivity contribution in [1.82, 2.24) is 19.4 Å². The molecule has 3 aromatic rings. The third-order valence-corrected chi connectivity index (χ3v) is 6.93. The fourth-order valence-corrected chi connectivity index (χ4v) is 5.03. The first-order valence-electron chi connectivity index (χ1n) is 11.2. The standard InChI is InChI=1S/C24H28N4O5/c1-26-6-8-28(9-7-26)13-16-10-15-11-18-14(12-19(15)27(16)2)4-3-5-17-20(18)25-23(30)22(21(17)29)33-24(31)32/h10-12H,3-9,13H2,1-2H3,(H,31,32)(H2,25,29,30). The van der Waals surface area contributed by atoms with Gasteiger partial charge in [0.2, 0.25) is 5.75 Å². The number of hydrogen-bond donors (Lipinski definition) is 3. The summed E-state index contributed by atoms with van der Waals surface area (Å²) in [5, 5.41) is 20.6. The molecular formula is C24H28N4O5. The van der Waals surface area contributed by atoms with Crippen molar-refractivity contribution in [2.24, 2.45) is 7.05 Å². The lowest BCUT2D eigenvalue weighted by Gasteiger charge is -2.32. The molecule has 3 heterocycles. The average Bonchev–Trinajstić information content (AvgIpc) is 2.96. The summed E-state index contributed by atoms with van der Waals surface area (Å²) in [5.41, 5.74) is 4.61. The van der Waals surface area contributed by atoms with E-state index in [0.29, 0.717) is 17.7 Å². The molecule has 1 aliphatic carbocycles. The van der Waals surface area contributed by atoms with Gasteiger partial charge >= 0.3 is 6.16 Å². The number of aromatic amines is 1. The van der Waals surface area contributed by atoms with Gasteiger partial charge in [0.15, 0.2) is 5.75 Å². The van der Waals surface area contributed by atoms with Crippen LogP contribution in [0.4, 0.5) is 4.79 Å². The molecule has 9 heteroatoms. The van der Waals surface area contributed by atoms with Gasteiger partial charge in [-0.25, -0.2) is 4.79 Å². The number of likely N-dealkylation sites (N-methyl/N-ethyl adjacent to an activating group) is 1. The number of aromatic nitrogens is 2. The second-order valence-corrected chi connectivity index (χ2v) is 9.05. The number of carboxylic acid groups (broad SMARTS) is 1. The minimum Gasteiger partial charge on any atom is -0.504 e. The molecular weight excluding hydrogens is 424 g/mol. The molecule has 33 heavy (non-hydrogen) atoms. The van der Waals surface area contributed by atoms with E-state index in [-0.39, 0.29) is 0 Å². The van der Waals surface area contributed by atoms with Gasteiger partial charge in [0.1, 0.15) is 0 Å². The SMILES string of the molecule is CN1CCN(Cc2cc3cc4c(cc3n2C)CCCc2c-4[nH]c(=O)c(OC(=O)O)c2O)CC1. The van der Waals surface area contributed by atoms with Crippen molar-refractivity contribution in [3.05, 3.63) is 45.4 Å². The van der Waals surface area contributed by atoms with E-state index in [9.17, 15) is 14.7 Å². The summed E-state index contributed by atoms with van der Waals surface area (Å²) in [6, 6.07) is 6.43. The van der Waals surface area contributed by atoms with E-state index in [4.69, 9.17) is 5.11 Å². The molecule has 2 aromatic heterocycles. The average molecular weight is 453 g/mol. The molecule has 0 bridgehead atoms. The van der Waals surface area contributed by atoms with E-state index in [1.807, 2.05) is 0 Å². The largest absolute Gasteiger partial charge is 0.511 e. The fourth-order valence-electron chi connectivity index (χ4n) is 5.03. The van der Waals surface area contributed by atoms with E-state index in [1.54, 1.807) is 0 Å². The minimum atomic E-state index is -1.64. The van der Waals surface area contributed by atoms with Gasteiger partial charge in [0.05, 0.1) is 5.69 Å². The Balaban J connectivity index is 1.57. The molecule has 0 radical (unpaired) electrons. The van der Waals surface area contributed by atoms with Crippen LogP contribution in [0.25, 0.3) is 22.2 Å². The van der Waals surface area contributed by atoms with Crippen molar-refractivity contribution >= 4 is 17.1 Å². The van der Waals surface area contributed by atoms with Crippen LogP contribution >= 0.6 is 0 Å². The fraction of sp³-hybridized carbons (Fsp3) is 0.417. The summed E-state index contributed by atoms with van der Waals surface area (Å²) in [7, 11) is 4.24. The highest BCUT2D eigenvalue weighted by Crippen LogP contribution is 2.40. The zero-order valence-electron chi connectivity index (χ0n) is 18.8. The van der Waals surface area contributed by atoms with Crippen LogP contribution in [-0.4, -0.2) is 68.9 Å². The Hall–Kier alpha value is -3.30. The number of benzene rings is 1. The monoisotopic (exact) mass is 452 g/mol. The van der Waals surface area contributed by atoms with Crippen LogP contribution in [0.3, 0.4) is 0 Å². The van der Waals surface area contributed by atoms with E-state index in [1.165, 1.54) is 5.69 Å². The Kier molecular flexibility index (Phi) is 5.38. The molecule has 1 saturated heterocycles. The van der Waals surface area contributed by atoms with E-state index >= 15 is 0 Å². The quantitative estimate of drug-likeness (QED) is 0.524. The first kappa shape index (κ1) is 21.5. The summed E-state index contributed by atoms with van der Waals surface area (Å²) in [6.45, 7) is 5.11. The molecule has 9 nitrogen and oxygen atoms in total. The van der Waals surface area contributed by atoms with Gasteiger partial charge in [-0.2, -0.15) is 0 Å². The lowest BCUT2D eigenvalue weighted by Crippen LogP contribution is -2.44. The maximum absolute atomic E-state index is 12.5. The van der Waals surface area contributed by atoms with Crippen molar-refractivity contribution in [2.75, 3.05) is 33.2 Å². The van der Waals surface area contributed by atoms with Gasteiger partial charge in [0.25, 0.3) is 5.56 Å². The first-order valence-corrected chi connectivity index (χ1v) is 11.2. The highest BCUT2D eigenvalue weighted by atomic mass is 16.7. The molecule has 1 aliphatic heterocycles. The van der Waals surface area contributed by atoms with E-state index in [2.05, 4.69) is 56.4 Å². The van der Waals surface area contributed by atoms with Crippen LogP contribution in [0.1, 0.15) is 23.2 Å². The summed E-state index contributed by atoms with van der Waals surface area (Å²) in [4.78, 5) is 31.1. The van der Waals surface area contributed by atoms with Gasteiger partial charge in [-0.15, -0.1) is 0 Å². The van der Waals surface area contributed by atoms with Crippen molar-refractivity contribution in [3.63, 3.8) is 0 Å². The summed E-state index contributed by atoms with van der Waals surface area (Å²) < 4.78 is 6.79. The zero-order valence-corrected chi connectivity index (χ0v) is 18.8. The normalized spacial score (nSPS) is 16.9. The maximum atomic E-state index is 12.5. The maximum Gasteiger partial charge on any atom is 0.511 e.